The first-order valence-electron chi connectivity index (χ1n) is 9.69. The number of nitrogens with zero attached hydrogens (tertiary/aromatic N) is 3. The van der Waals surface area contributed by atoms with Crippen LogP contribution in [0.1, 0.15) is 43.2 Å². The first kappa shape index (κ1) is 20.1. The Balaban J connectivity index is 1.69. The van der Waals surface area contributed by atoms with Crippen molar-refractivity contribution in [2.45, 2.75) is 33.4 Å². The molecule has 0 aliphatic rings. The molecule has 0 spiro atoms. The van der Waals surface area contributed by atoms with Crippen molar-refractivity contribution >= 4 is 39.4 Å². The molecule has 7 nitrogen and oxygen atoms in total. The highest BCUT2D eigenvalue weighted by atomic mass is 35.5. The van der Waals surface area contributed by atoms with Crippen LogP contribution in [0.2, 0.25) is 5.02 Å². The topological polar surface area (TPSA) is 89.9 Å². The third kappa shape index (κ3) is 3.80. The van der Waals surface area contributed by atoms with E-state index >= 15 is 0 Å². The van der Waals surface area contributed by atoms with Crippen LogP contribution in [-0.2, 0) is 11.3 Å². The van der Waals surface area contributed by atoms with Crippen LogP contribution in [-0.4, -0.2) is 25.7 Å². The van der Waals surface area contributed by atoms with Gasteiger partial charge >= 0.3 is 5.97 Å². The first-order valence-corrected chi connectivity index (χ1v) is 10.1. The van der Waals surface area contributed by atoms with Crippen LogP contribution in [0.5, 0.6) is 0 Å². The van der Waals surface area contributed by atoms with E-state index in [1.807, 2.05) is 13.8 Å². The number of aromatic amines is 1. The Labute approximate surface area is 177 Å². The maximum atomic E-state index is 13.0. The second-order valence-electron chi connectivity index (χ2n) is 7.61. The fourth-order valence-corrected chi connectivity index (χ4v) is 3.49. The number of carbonyl (C=O) groups excluding carboxylic acids is 1. The van der Waals surface area contributed by atoms with Crippen molar-refractivity contribution in [1.82, 2.24) is 19.7 Å². The summed E-state index contributed by atoms with van der Waals surface area (Å²) in [5.74, 6) is 0.0802. The summed E-state index contributed by atoms with van der Waals surface area (Å²) in [4.78, 5) is 33.3. The van der Waals surface area contributed by atoms with E-state index in [-0.39, 0.29) is 17.2 Å². The molecule has 1 N–H and O–H groups in total. The fourth-order valence-electron chi connectivity index (χ4n) is 3.32. The number of nitrogens with one attached hydrogen (secondary N) is 1. The minimum absolute atomic E-state index is 0.108. The number of fused-ring (bicyclic) bond motifs is 2. The molecule has 0 radical (unpaired) electrons. The lowest BCUT2D eigenvalue weighted by molar-refractivity contribution is 0.0314. The summed E-state index contributed by atoms with van der Waals surface area (Å²) in [7, 11) is 0. The van der Waals surface area contributed by atoms with Crippen molar-refractivity contribution in [3.63, 3.8) is 0 Å². The molecule has 0 aliphatic carbocycles. The van der Waals surface area contributed by atoms with Crippen LogP contribution in [0.25, 0.3) is 21.8 Å². The number of H-pyrrole nitrogens is 1. The van der Waals surface area contributed by atoms with E-state index in [0.717, 1.165) is 11.0 Å². The summed E-state index contributed by atoms with van der Waals surface area (Å²) in [6, 6.07) is 12.2. The van der Waals surface area contributed by atoms with Crippen molar-refractivity contribution in [2.75, 3.05) is 0 Å². The number of carbonyl (C=O) groups is 1. The van der Waals surface area contributed by atoms with Gasteiger partial charge in [0.25, 0.3) is 5.56 Å². The summed E-state index contributed by atoms with van der Waals surface area (Å²) in [5.41, 5.74) is 1.37. The van der Waals surface area contributed by atoms with Crippen LogP contribution >= 0.6 is 11.6 Å². The first-order chi connectivity index (χ1) is 14.3. The largest absolute Gasteiger partial charge is 0.450 e. The average molecular weight is 425 g/mol. The summed E-state index contributed by atoms with van der Waals surface area (Å²) in [6.45, 7) is 6.10. The molecule has 1 atom stereocenters. The molecule has 0 fully saturated rings. The van der Waals surface area contributed by atoms with Crippen LogP contribution in [0.3, 0.4) is 0 Å². The van der Waals surface area contributed by atoms with Gasteiger partial charge in [0.1, 0.15) is 5.82 Å². The maximum absolute atomic E-state index is 13.0. The van der Waals surface area contributed by atoms with E-state index in [1.165, 1.54) is 4.68 Å². The Morgan fingerprint density at radius 1 is 1.17 bits per heavy atom. The summed E-state index contributed by atoms with van der Waals surface area (Å²) >= 11 is 6.02. The van der Waals surface area contributed by atoms with Gasteiger partial charge in [-0.05, 0) is 37.1 Å². The van der Waals surface area contributed by atoms with Crippen LogP contribution in [0.15, 0.2) is 47.3 Å². The van der Waals surface area contributed by atoms with Gasteiger partial charge in [0.15, 0.2) is 11.8 Å². The highest BCUT2D eigenvalue weighted by Gasteiger charge is 2.22. The number of imidazole rings is 1. The van der Waals surface area contributed by atoms with Gasteiger partial charge in [0.2, 0.25) is 0 Å². The standard InChI is InChI=1S/C22H21ClN4O3/c1-12(2)11-27-21(28)16-7-5-4-6-15(16)19(26-27)22(29)30-13(3)20-24-17-9-8-14(23)10-18(17)25-20/h4-10,12-13H,11H2,1-3H3,(H,24,25)/t13-/m0/s1. The number of esters is 1. The molecule has 0 bridgehead atoms. The monoisotopic (exact) mass is 424 g/mol. The quantitative estimate of drug-likeness (QED) is 0.476. The number of aromatic nitrogens is 4. The number of hydrogen-bond acceptors (Lipinski definition) is 5. The Hall–Kier alpha value is -3.19. The van der Waals surface area contributed by atoms with E-state index in [0.29, 0.717) is 28.2 Å². The SMILES string of the molecule is CC(C)Cn1nc(C(=O)O[C@@H](C)c2nc3ccc(Cl)cc3[nH]2)c2ccccc2c1=O. The van der Waals surface area contributed by atoms with E-state index < -0.39 is 12.1 Å². The lowest BCUT2D eigenvalue weighted by Gasteiger charge is -2.14. The Kier molecular flexibility index (Phi) is 5.30. The second-order valence-corrected chi connectivity index (χ2v) is 8.04. The van der Waals surface area contributed by atoms with Crippen molar-refractivity contribution < 1.29 is 9.53 Å². The number of rotatable bonds is 5. The minimum atomic E-state index is -0.644. The normalized spacial score (nSPS) is 12.6. The summed E-state index contributed by atoms with van der Waals surface area (Å²) in [5, 5.41) is 5.82. The van der Waals surface area contributed by atoms with Gasteiger partial charge in [-0.1, -0.05) is 43.6 Å². The summed E-state index contributed by atoms with van der Waals surface area (Å²) in [6.07, 6.45) is -0.644. The number of benzene rings is 2. The average Bonchev–Trinajstić information content (AvgIpc) is 3.13. The van der Waals surface area contributed by atoms with Crippen molar-refractivity contribution in [3.8, 4) is 0 Å². The molecule has 30 heavy (non-hydrogen) atoms. The number of halogens is 1. The Morgan fingerprint density at radius 2 is 1.90 bits per heavy atom. The molecule has 0 amide bonds. The van der Waals surface area contributed by atoms with E-state index in [9.17, 15) is 9.59 Å². The Bertz CT molecular complexity index is 1310. The van der Waals surface area contributed by atoms with Crippen LogP contribution in [0, 0.1) is 5.92 Å². The smallest absolute Gasteiger partial charge is 0.360 e. The van der Waals surface area contributed by atoms with Gasteiger partial charge in [0, 0.05) is 17.0 Å². The summed E-state index contributed by atoms with van der Waals surface area (Å²) < 4.78 is 6.98. The van der Waals surface area contributed by atoms with Crippen molar-refractivity contribution in [3.05, 3.63) is 69.4 Å². The van der Waals surface area contributed by atoms with Crippen molar-refractivity contribution in [1.29, 1.82) is 0 Å². The predicted molar refractivity (Wildman–Crippen MR) is 116 cm³/mol. The van der Waals surface area contributed by atoms with E-state index in [2.05, 4.69) is 15.1 Å². The van der Waals surface area contributed by atoms with Crippen LogP contribution < -0.4 is 5.56 Å². The lowest BCUT2D eigenvalue weighted by Crippen LogP contribution is -2.28. The number of ether oxygens (including phenoxy) is 1. The molecular formula is C22H21ClN4O3. The molecule has 2 heterocycles. The molecule has 0 unspecified atom stereocenters. The van der Waals surface area contributed by atoms with E-state index in [4.69, 9.17) is 16.3 Å². The Morgan fingerprint density at radius 3 is 2.63 bits per heavy atom. The lowest BCUT2D eigenvalue weighted by atomic mass is 10.1. The zero-order valence-corrected chi connectivity index (χ0v) is 17.6. The van der Waals surface area contributed by atoms with Gasteiger partial charge in [0.05, 0.1) is 16.4 Å². The predicted octanol–water partition coefficient (Wildman–Crippen LogP) is 4.50. The van der Waals surface area contributed by atoms with Gasteiger partial charge in [-0.3, -0.25) is 4.79 Å². The zero-order valence-electron chi connectivity index (χ0n) is 16.8. The molecule has 2 aromatic carbocycles. The third-order valence-corrected chi connectivity index (χ3v) is 4.97. The van der Waals surface area contributed by atoms with Gasteiger partial charge in [-0.25, -0.2) is 14.5 Å². The van der Waals surface area contributed by atoms with Crippen molar-refractivity contribution in [2.24, 2.45) is 5.92 Å². The molecule has 0 saturated heterocycles. The highest BCUT2D eigenvalue weighted by Crippen LogP contribution is 2.23. The van der Waals surface area contributed by atoms with Gasteiger partial charge < -0.3 is 9.72 Å². The molecule has 0 aliphatic heterocycles. The molecule has 8 heteroatoms. The van der Waals surface area contributed by atoms with E-state index in [1.54, 1.807) is 49.4 Å². The fraction of sp³-hybridized carbons (Fsp3) is 0.273. The zero-order chi connectivity index (χ0) is 21.4. The van der Waals surface area contributed by atoms with Crippen LogP contribution in [0.4, 0.5) is 0 Å². The molecule has 154 valence electrons. The molecule has 2 aromatic heterocycles. The third-order valence-electron chi connectivity index (χ3n) is 4.73. The molecule has 4 aromatic rings. The highest BCUT2D eigenvalue weighted by molar-refractivity contribution is 6.31. The van der Waals surface area contributed by atoms with Gasteiger partial charge in [-0.2, -0.15) is 5.10 Å². The molecule has 4 rings (SSSR count). The molecule has 0 saturated carbocycles. The number of hydrogen-bond donors (Lipinski definition) is 1. The maximum Gasteiger partial charge on any atom is 0.360 e. The molecular weight excluding hydrogens is 404 g/mol. The minimum Gasteiger partial charge on any atom is -0.450 e. The van der Waals surface area contributed by atoms with Gasteiger partial charge in [-0.15, -0.1) is 0 Å². The second kappa shape index (κ2) is 7.91.